The molecule has 1 saturated carbocycles. The smallest absolute Gasteiger partial charge is 0.144 e. The van der Waals surface area contributed by atoms with Crippen LogP contribution in [-0.2, 0) is 0 Å². The molecule has 0 radical (unpaired) electrons. The van der Waals surface area contributed by atoms with Gasteiger partial charge in [0.2, 0.25) is 0 Å². The van der Waals surface area contributed by atoms with Gasteiger partial charge in [0.25, 0.3) is 0 Å². The molecule has 3 heteroatoms. The molecular formula is C15H21N3. The van der Waals surface area contributed by atoms with E-state index in [4.69, 9.17) is 0 Å². The molecule has 0 spiro atoms. The minimum absolute atomic E-state index is 0.473. The molecule has 96 valence electrons. The highest BCUT2D eigenvalue weighted by atomic mass is 15.0. The first-order valence-electron chi connectivity index (χ1n) is 6.72. The third-order valence-electron chi connectivity index (χ3n) is 3.82. The Morgan fingerprint density at radius 3 is 2.72 bits per heavy atom. The van der Waals surface area contributed by atoms with Crippen molar-refractivity contribution in [3.8, 4) is 6.07 Å². The second kappa shape index (κ2) is 4.97. The number of hydrogen-bond donors (Lipinski definition) is 1. The average Bonchev–Trinajstić information content (AvgIpc) is 3.07. The lowest BCUT2D eigenvalue weighted by Crippen LogP contribution is -2.17. The maximum atomic E-state index is 9.21. The normalized spacial score (nSPS) is 16.1. The second-order valence-electron chi connectivity index (χ2n) is 5.52. The molecule has 2 rings (SSSR count). The van der Waals surface area contributed by atoms with Crippen LogP contribution in [0.2, 0.25) is 0 Å². The van der Waals surface area contributed by atoms with Crippen molar-refractivity contribution >= 4 is 5.82 Å². The highest BCUT2D eigenvalue weighted by Gasteiger charge is 2.41. The molecule has 0 amide bonds. The summed E-state index contributed by atoms with van der Waals surface area (Å²) in [4.78, 5) is 4.46. The van der Waals surface area contributed by atoms with Crippen LogP contribution in [-0.4, -0.2) is 11.5 Å². The number of pyridine rings is 1. The van der Waals surface area contributed by atoms with Gasteiger partial charge in [-0.3, -0.25) is 0 Å². The van der Waals surface area contributed by atoms with Crippen LogP contribution in [0.3, 0.4) is 0 Å². The summed E-state index contributed by atoms with van der Waals surface area (Å²) in [6.45, 7) is 7.12. The largest absolute Gasteiger partial charge is 0.368 e. The third-order valence-corrected chi connectivity index (χ3v) is 3.82. The van der Waals surface area contributed by atoms with E-state index in [1.807, 2.05) is 19.9 Å². The molecule has 0 aromatic carbocycles. The summed E-state index contributed by atoms with van der Waals surface area (Å²) in [7, 11) is 0. The van der Waals surface area contributed by atoms with E-state index in [9.17, 15) is 5.26 Å². The first-order chi connectivity index (χ1) is 8.60. The van der Waals surface area contributed by atoms with Crippen molar-refractivity contribution in [1.29, 1.82) is 5.26 Å². The first-order valence-corrected chi connectivity index (χ1v) is 6.72. The van der Waals surface area contributed by atoms with Gasteiger partial charge in [0.1, 0.15) is 11.9 Å². The van der Waals surface area contributed by atoms with Crippen molar-refractivity contribution in [2.45, 2.75) is 46.5 Å². The van der Waals surface area contributed by atoms with Gasteiger partial charge in [-0.25, -0.2) is 4.98 Å². The summed E-state index contributed by atoms with van der Waals surface area (Å²) in [6, 6.07) is 4.22. The van der Waals surface area contributed by atoms with E-state index in [1.165, 1.54) is 25.7 Å². The van der Waals surface area contributed by atoms with Gasteiger partial charge in [-0.05, 0) is 50.2 Å². The van der Waals surface area contributed by atoms with Crippen LogP contribution in [0.4, 0.5) is 5.82 Å². The minimum Gasteiger partial charge on any atom is -0.368 e. The van der Waals surface area contributed by atoms with Crippen LogP contribution in [0.5, 0.6) is 0 Å². The van der Waals surface area contributed by atoms with Crippen molar-refractivity contribution in [2.24, 2.45) is 5.41 Å². The monoisotopic (exact) mass is 243 g/mol. The zero-order valence-electron chi connectivity index (χ0n) is 11.5. The Balaban J connectivity index is 2.12. The van der Waals surface area contributed by atoms with Crippen LogP contribution in [0, 0.1) is 30.6 Å². The van der Waals surface area contributed by atoms with Crippen LogP contribution in [0.15, 0.2) is 6.07 Å². The quantitative estimate of drug-likeness (QED) is 0.860. The van der Waals surface area contributed by atoms with Crippen molar-refractivity contribution in [1.82, 2.24) is 4.98 Å². The number of nitrogens with zero attached hydrogens (tertiary/aromatic N) is 2. The van der Waals surface area contributed by atoms with Gasteiger partial charge < -0.3 is 5.32 Å². The molecule has 1 heterocycles. The van der Waals surface area contributed by atoms with Crippen molar-refractivity contribution < 1.29 is 0 Å². The van der Waals surface area contributed by atoms with E-state index < -0.39 is 0 Å². The van der Waals surface area contributed by atoms with Crippen molar-refractivity contribution in [3.05, 3.63) is 22.9 Å². The van der Waals surface area contributed by atoms with Crippen LogP contribution < -0.4 is 5.32 Å². The van der Waals surface area contributed by atoms with E-state index in [2.05, 4.69) is 23.3 Å². The molecule has 1 aromatic heterocycles. The summed E-state index contributed by atoms with van der Waals surface area (Å²) < 4.78 is 0. The van der Waals surface area contributed by atoms with E-state index >= 15 is 0 Å². The number of rotatable bonds is 5. The summed E-state index contributed by atoms with van der Waals surface area (Å²) in [6.07, 6.45) is 5.11. The summed E-state index contributed by atoms with van der Waals surface area (Å²) in [5.74, 6) is 0.761. The number of aryl methyl sites for hydroxylation is 2. The van der Waals surface area contributed by atoms with Gasteiger partial charge in [0.15, 0.2) is 0 Å². The summed E-state index contributed by atoms with van der Waals surface area (Å²) in [5, 5.41) is 12.6. The van der Waals surface area contributed by atoms with Gasteiger partial charge >= 0.3 is 0 Å². The first kappa shape index (κ1) is 12.9. The fourth-order valence-electron chi connectivity index (χ4n) is 2.60. The van der Waals surface area contributed by atoms with Crippen LogP contribution >= 0.6 is 0 Å². The molecular weight excluding hydrogens is 222 g/mol. The molecule has 1 aliphatic carbocycles. The Kier molecular flexibility index (Phi) is 3.56. The lowest BCUT2D eigenvalue weighted by Gasteiger charge is -2.17. The maximum Gasteiger partial charge on any atom is 0.144 e. The number of nitrogens with one attached hydrogen (secondary N) is 1. The topological polar surface area (TPSA) is 48.7 Å². The number of anilines is 1. The molecule has 0 saturated heterocycles. The van der Waals surface area contributed by atoms with E-state index in [-0.39, 0.29) is 0 Å². The Bertz CT molecular complexity index is 481. The Morgan fingerprint density at radius 2 is 2.17 bits per heavy atom. The average molecular weight is 243 g/mol. The zero-order valence-corrected chi connectivity index (χ0v) is 11.5. The fourth-order valence-corrected chi connectivity index (χ4v) is 2.60. The van der Waals surface area contributed by atoms with Crippen molar-refractivity contribution in [2.75, 3.05) is 11.9 Å². The SMILES string of the molecule is CCCC1(CNc2nc(C)cc(C)c2C#N)CC1. The maximum absolute atomic E-state index is 9.21. The summed E-state index contributed by atoms with van der Waals surface area (Å²) in [5.41, 5.74) is 3.14. The van der Waals surface area contributed by atoms with Gasteiger partial charge in [-0.2, -0.15) is 5.26 Å². The van der Waals surface area contributed by atoms with Gasteiger partial charge in [0.05, 0.1) is 5.56 Å². The van der Waals surface area contributed by atoms with Crippen molar-refractivity contribution in [3.63, 3.8) is 0 Å². The number of aromatic nitrogens is 1. The molecule has 0 unspecified atom stereocenters. The number of nitriles is 1. The van der Waals surface area contributed by atoms with Crippen LogP contribution in [0.1, 0.15) is 49.4 Å². The van der Waals surface area contributed by atoms with Crippen LogP contribution in [0.25, 0.3) is 0 Å². The highest BCUT2D eigenvalue weighted by Crippen LogP contribution is 2.49. The molecule has 1 N–H and O–H groups in total. The molecule has 0 aliphatic heterocycles. The van der Waals surface area contributed by atoms with E-state index in [0.717, 1.165) is 23.6 Å². The highest BCUT2D eigenvalue weighted by molar-refractivity contribution is 5.56. The minimum atomic E-state index is 0.473. The molecule has 1 aromatic rings. The molecule has 0 bridgehead atoms. The Hall–Kier alpha value is -1.56. The second-order valence-corrected chi connectivity index (χ2v) is 5.52. The molecule has 18 heavy (non-hydrogen) atoms. The van der Waals surface area contributed by atoms with E-state index in [0.29, 0.717) is 11.0 Å². The number of hydrogen-bond acceptors (Lipinski definition) is 3. The molecule has 3 nitrogen and oxygen atoms in total. The predicted molar refractivity (Wildman–Crippen MR) is 73.5 cm³/mol. The van der Waals surface area contributed by atoms with E-state index in [1.54, 1.807) is 0 Å². The van der Waals surface area contributed by atoms with Gasteiger partial charge in [-0.1, -0.05) is 13.3 Å². The third kappa shape index (κ3) is 2.64. The fraction of sp³-hybridized carbons (Fsp3) is 0.600. The standard InChI is InChI=1S/C15H21N3/c1-4-5-15(6-7-15)10-17-14-13(9-16)11(2)8-12(3)18-14/h8H,4-7,10H2,1-3H3,(H,17,18). The molecule has 1 fully saturated rings. The zero-order chi connectivity index (χ0) is 13.2. The Morgan fingerprint density at radius 1 is 1.44 bits per heavy atom. The lowest BCUT2D eigenvalue weighted by atomic mass is 10.0. The Labute approximate surface area is 109 Å². The molecule has 0 atom stereocenters. The summed E-state index contributed by atoms with van der Waals surface area (Å²) >= 11 is 0. The van der Waals surface area contributed by atoms with Gasteiger partial charge in [0, 0.05) is 12.2 Å². The van der Waals surface area contributed by atoms with Gasteiger partial charge in [-0.15, -0.1) is 0 Å². The lowest BCUT2D eigenvalue weighted by molar-refractivity contribution is 0.485. The molecule has 1 aliphatic rings. The predicted octanol–water partition coefficient (Wildman–Crippen LogP) is 3.56.